The van der Waals surface area contributed by atoms with E-state index < -0.39 is 47.1 Å². The van der Waals surface area contributed by atoms with Gasteiger partial charge in [-0.15, -0.1) is 33.3 Å². The van der Waals surface area contributed by atoms with Crippen LogP contribution in [-0.4, -0.2) is 90.4 Å². The number of nitrogens with two attached hydrogens (primary N) is 1. The number of allylic oxidation sites excluding steroid dienone is 1. The third kappa shape index (κ3) is 5.44. The number of carboxylic acids is 1. The molecule has 2 saturated heterocycles. The minimum atomic E-state index is -5.40. The number of halogens is 3. The lowest BCUT2D eigenvalue weighted by molar-refractivity contribution is -0.199. The Hall–Kier alpha value is -4.37. The van der Waals surface area contributed by atoms with Gasteiger partial charge in [0.25, 0.3) is 17.7 Å². The Morgan fingerprint density at radius 2 is 2.02 bits per heavy atom. The van der Waals surface area contributed by atoms with E-state index in [0.717, 1.165) is 28.0 Å². The molecule has 3 aliphatic heterocycles. The summed E-state index contributed by atoms with van der Waals surface area (Å²) >= 11 is 3.07. The van der Waals surface area contributed by atoms with Crippen LogP contribution in [0.25, 0.3) is 0 Å². The molecule has 5 rings (SSSR count). The highest BCUT2D eigenvalue weighted by Crippen LogP contribution is 2.41. The summed E-state index contributed by atoms with van der Waals surface area (Å²) in [5.41, 5.74) is 5.92. The first kappa shape index (κ1) is 29.1. The summed E-state index contributed by atoms with van der Waals surface area (Å²) in [5.74, 6) is -6.55. The topological polar surface area (TPSA) is 210 Å². The van der Waals surface area contributed by atoms with Gasteiger partial charge in [0.05, 0.1) is 0 Å². The zero-order chi connectivity index (χ0) is 30.3. The van der Waals surface area contributed by atoms with E-state index in [1.807, 2.05) is 0 Å². The third-order valence-electron chi connectivity index (χ3n) is 5.97. The summed E-state index contributed by atoms with van der Waals surface area (Å²) in [4.78, 5) is 72.1. The van der Waals surface area contributed by atoms with E-state index in [2.05, 4.69) is 30.5 Å². The number of nitrogens with zero attached hydrogens (tertiary/aromatic N) is 6. The smallest absolute Gasteiger partial charge is 0.477 e. The summed E-state index contributed by atoms with van der Waals surface area (Å²) in [7, 11) is 0. The van der Waals surface area contributed by atoms with Gasteiger partial charge >= 0.3 is 18.1 Å². The minimum absolute atomic E-state index is 0.0464. The highest BCUT2D eigenvalue weighted by atomic mass is 32.2. The molecule has 2 aromatic rings. The number of hydrogen-bond acceptors (Lipinski definition) is 14. The highest BCUT2D eigenvalue weighted by molar-refractivity contribution is 8.00. The van der Waals surface area contributed by atoms with Crippen molar-refractivity contribution in [3.8, 4) is 0 Å². The molecule has 2 atom stereocenters. The van der Waals surface area contributed by atoms with E-state index >= 15 is 0 Å². The lowest BCUT2D eigenvalue weighted by Crippen LogP contribution is -2.71. The molecule has 15 nitrogen and oxygen atoms in total. The van der Waals surface area contributed by atoms with Gasteiger partial charge in [-0.05, 0) is 18.1 Å². The second kappa shape index (κ2) is 11.1. The van der Waals surface area contributed by atoms with Crippen LogP contribution in [0.15, 0.2) is 39.0 Å². The maximum Gasteiger partial charge on any atom is 0.493 e. The molecule has 0 bridgehead atoms. The van der Waals surface area contributed by atoms with E-state index in [0.29, 0.717) is 23.7 Å². The Bertz CT molecular complexity index is 1590. The number of alkyl halides is 3. The van der Waals surface area contributed by atoms with Crippen molar-refractivity contribution in [3.63, 3.8) is 0 Å². The predicted molar refractivity (Wildman–Crippen MR) is 140 cm³/mol. The maximum atomic E-state index is 13.0. The predicted octanol–water partition coefficient (Wildman–Crippen LogP) is 0.488. The zero-order valence-electron chi connectivity index (χ0n) is 20.5. The number of anilines is 2. The number of carbonyl (C=O) groups is 5. The highest BCUT2D eigenvalue weighted by Gasteiger charge is 2.54. The first-order valence-corrected chi connectivity index (χ1v) is 14.3. The van der Waals surface area contributed by atoms with Crippen molar-refractivity contribution in [1.29, 1.82) is 0 Å². The van der Waals surface area contributed by atoms with Gasteiger partial charge in [-0.3, -0.25) is 24.2 Å². The van der Waals surface area contributed by atoms with Crippen molar-refractivity contribution in [1.82, 2.24) is 25.4 Å². The maximum absolute atomic E-state index is 13.0. The molecule has 42 heavy (non-hydrogen) atoms. The summed E-state index contributed by atoms with van der Waals surface area (Å²) in [6, 6.07) is -1.31. The largest absolute Gasteiger partial charge is 0.493 e. The number of thioether (sulfide) groups is 1. The molecule has 2 fully saturated rings. The molecule has 0 aromatic carbocycles. The number of carbonyl (C=O) groups excluding carboxylic acids is 4. The van der Waals surface area contributed by atoms with Crippen LogP contribution in [0.5, 0.6) is 0 Å². The molecule has 5 heterocycles. The van der Waals surface area contributed by atoms with Gasteiger partial charge in [-0.25, -0.2) is 14.6 Å². The van der Waals surface area contributed by atoms with Gasteiger partial charge < -0.3 is 21.0 Å². The molecule has 0 aliphatic carbocycles. The van der Waals surface area contributed by atoms with Gasteiger partial charge in [0.2, 0.25) is 5.13 Å². The summed E-state index contributed by atoms with van der Waals surface area (Å²) in [5, 5.41) is 23.3. The number of fused-ring (bicyclic) bond motifs is 1. The normalized spacial score (nSPS) is 21.9. The van der Waals surface area contributed by atoms with Crippen LogP contribution >= 0.6 is 34.4 Å². The van der Waals surface area contributed by atoms with Crippen molar-refractivity contribution in [3.05, 3.63) is 39.5 Å². The second-order valence-corrected chi connectivity index (χ2v) is 11.3. The van der Waals surface area contributed by atoms with Crippen molar-refractivity contribution >= 4 is 80.1 Å². The van der Waals surface area contributed by atoms with Gasteiger partial charge in [0, 0.05) is 23.3 Å². The lowest BCUT2D eigenvalue weighted by Gasteiger charge is -2.49. The Morgan fingerprint density at radius 1 is 1.26 bits per heavy atom. The molecule has 0 unspecified atom stereocenters. The molecular formula is C21H15F3N8O7S3. The van der Waals surface area contributed by atoms with Gasteiger partial charge in [0.1, 0.15) is 28.3 Å². The number of β-lactam (4-membered cyclic amide) rings is 1. The van der Waals surface area contributed by atoms with E-state index in [-0.39, 0.29) is 33.8 Å². The number of aromatic nitrogens is 3. The number of aliphatic carboxylic acids is 1. The first-order chi connectivity index (χ1) is 19.9. The first-order valence-electron chi connectivity index (χ1n) is 11.4. The molecule has 0 spiro atoms. The van der Waals surface area contributed by atoms with Crippen LogP contribution in [0.1, 0.15) is 12.1 Å². The molecule has 2 aromatic heterocycles. The number of hydrogen-bond donors (Lipinski definition) is 3. The lowest BCUT2D eigenvalue weighted by atomic mass is 10.0. The fraction of sp³-hybridized carbons (Fsp3) is 0.286. The fourth-order valence-electron chi connectivity index (χ4n) is 4.13. The zero-order valence-corrected chi connectivity index (χ0v) is 23.0. The number of carboxylic acid groups (broad SMARTS) is 1. The number of nitrogen functional groups attached to an aromatic ring is 1. The monoisotopic (exact) mass is 644 g/mol. The van der Waals surface area contributed by atoms with Crippen molar-refractivity contribution in [2.75, 3.05) is 22.9 Å². The SMILES string of the molecule is Nc1nc(/C(=N/OC(=O)C(F)(F)F)C(=O)N[C@@H]2C(=O)N3C(C(=O)O)=C(/C=C4\CCN(c5nncs5)C4=O)CS[C@H]23)cs1. The number of amides is 3. The Kier molecular flexibility index (Phi) is 7.72. The average molecular weight is 645 g/mol. The van der Waals surface area contributed by atoms with Crippen LogP contribution < -0.4 is 16.0 Å². The molecular weight excluding hydrogens is 629 g/mol. The van der Waals surface area contributed by atoms with Crippen LogP contribution in [-0.2, 0) is 28.8 Å². The van der Waals surface area contributed by atoms with Gasteiger partial charge in [-0.1, -0.05) is 16.5 Å². The minimum Gasteiger partial charge on any atom is -0.477 e. The van der Waals surface area contributed by atoms with Crippen LogP contribution in [0, 0.1) is 0 Å². The summed E-state index contributed by atoms with van der Waals surface area (Å²) in [6.45, 7) is 0.314. The molecule has 21 heteroatoms. The van der Waals surface area contributed by atoms with Gasteiger partial charge in [0.15, 0.2) is 10.8 Å². The fourth-order valence-corrected chi connectivity index (χ4v) is 6.57. The Morgan fingerprint density at radius 3 is 2.64 bits per heavy atom. The van der Waals surface area contributed by atoms with Gasteiger partial charge in [-0.2, -0.15) is 13.2 Å². The number of nitrogens with one attached hydrogen (secondary N) is 1. The van der Waals surface area contributed by atoms with Crippen LogP contribution in [0.4, 0.5) is 23.4 Å². The van der Waals surface area contributed by atoms with Crippen molar-refractivity contribution in [2.45, 2.75) is 24.0 Å². The number of oxime groups is 1. The Balaban J connectivity index is 1.35. The molecule has 0 radical (unpaired) electrons. The van der Waals surface area contributed by atoms with Crippen molar-refractivity contribution < 1.29 is 47.1 Å². The molecule has 3 amide bonds. The summed E-state index contributed by atoms with van der Waals surface area (Å²) in [6.07, 6.45) is -3.68. The number of thiazole rings is 1. The standard InChI is InChI=1S/C21H15F3N8O7S3/c22-21(23,24)18(38)39-30-10(9-5-41-19(25)27-9)13(33)28-11-15(35)32-12(17(36)37)8(4-40-16(11)32)3-7-1-2-31(14(7)34)20-29-26-6-42-20/h3,5-6,11,16H,1-2,4H2,(H2,25,27)(H,28,33)(H,36,37)/b7-3+,30-10-/t11-,16-/m1/s1. The quantitative estimate of drug-likeness (QED) is 0.124. The molecule has 3 aliphatic rings. The van der Waals surface area contributed by atoms with E-state index in [9.17, 15) is 42.3 Å². The Labute approximate surface area is 243 Å². The van der Waals surface area contributed by atoms with E-state index in [1.165, 1.54) is 33.2 Å². The molecule has 4 N–H and O–H groups in total. The third-order valence-corrected chi connectivity index (χ3v) is 8.66. The molecule has 0 saturated carbocycles. The van der Waals surface area contributed by atoms with Crippen LogP contribution in [0.2, 0.25) is 0 Å². The second-order valence-electron chi connectivity index (χ2n) is 8.52. The van der Waals surface area contributed by atoms with E-state index in [1.54, 1.807) is 0 Å². The molecule has 220 valence electrons. The average Bonchev–Trinajstić information content (AvgIpc) is 3.69. The van der Waals surface area contributed by atoms with E-state index in [4.69, 9.17) is 5.73 Å². The van der Waals surface area contributed by atoms with Crippen molar-refractivity contribution in [2.24, 2.45) is 5.16 Å². The number of rotatable bonds is 7. The summed E-state index contributed by atoms with van der Waals surface area (Å²) < 4.78 is 37.7. The van der Waals surface area contributed by atoms with Crippen LogP contribution in [0.3, 0.4) is 0 Å².